The van der Waals surface area contributed by atoms with Crippen LogP contribution in [0.3, 0.4) is 0 Å². The molecular weight excluding hydrogens is 319 g/mol. The number of carboxylic acids is 2. The molecule has 0 aliphatic rings. The number of aliphatic carboxylic acids is 2. The second-order valence-corrected chi connectivity index (χ2v) is 4.72. The van der Waals surface area contributed by atoms with Crippen molar-refractivity contribution < 1.29 is 34.5 Å². The van der Waals surface area contributed by atoms with E-state index in [2.05, 4.69) is 0 Å². The Balaban J connectivity index is -0.000000124. The fourth-order valence-corrected chi connectivity index (χ4v) is 1.06. The van der Waals surface area contributed by atoms with Gasteiger partial charge < -0.3 is 24.9 Å². The molecule has 0 bridgehead atoms. The van der Waals surface area contributed by atoms with Gasteiger partial charge in [0, 0.05) is 37.6 Å². The molecule has 0 amide bonds. The van der Waals surface area contributed by atoms with Gasteiger partial charge in [0.15, 0.2) is 0 Å². The number of ketones is 2. The molecule has 0 fully saturated rings. The predicted octanol–water partition coefficient (Wildman–Crippen LogP) is -1.63. The first kappa shape index (κ1) is 29.7. The van der Waals surface area contributed by atoms with Crippen molar-refractivity contribution in [3.63, 3.8) is 0 Å². The van der Waals surface area contributed by atoms with E-state index in [-0.39, 0.29) is 28.9 Å². The number of carbonyl (C=O) groups is 4. The van der Waals surface area contributed by atoms with Crippen molar-refractivity contribution in [3.8, 4) is 0 Å². The smallest absolute Gasteiger partial charge is 0.852 e. The maximum atomic E-state index is 10.4. The van der Waals surface area contributed by atoms with Gasteiger partial charge in [0.25, 0.3) is 0 Å². The Morgan fingerprint density at radius 3 is 1.13 bits per heavy atom. The molecule has 0 aromatic carbocycles. The number of rotatable bonds is 8. The van der Waals surface area contributed by atoms with Crippen LogP contribution in [0, 0.1) is 0 Å². The molecule has 0 atom stereocenters. The number of carbonyl (C=O) groups excluding carboxylic acids is 4. The molecule has 130 valence electrons. The van der Waals surface area contributed by atoms with E-state index in [0.717, 1.165) is 0 Å². The molecule has 23 heavy (non-hydrogen) atoms. The maximum Gasteiger partial charge on any atom is 3.00 e. The zero-order valence-electron chi connectivity index (χ0n) is 14.3. The van der Waals surface area contributed by atoms with Gasteiger partial charge >= 0.3 is 17.4 Å². The Hall–Kier alpha value is -1.23. The van der Waals surface area contributed by atoms with Crippen molar-refractivity contribution in [1.29, 1.82) is 0 Å². The molecule has 0 N–H and O–H groups in total. The number of hydrogen-bond donors (Lipinski definition) is 0. The standard InChI is InChI=1S/2C6H10O3.C3H7O.Al/c2*1-2-3-5(7)4-6(8)9;1-3(2)4;/h2*2-4H2,1H3,(H,8,9);3H,1-2H3;/q;;-1;+3/p-2. The molecule has 0 aliphatic carbocycles. The molecule has 7 nitrogen and oxygen atoms in total. The van der Waals surface area contributed by atoms with Crippen molar-refractivity contribution in [3.05, 3.63) is 0 Å². The molecule has 0 heterocycles. The van der Waals surface area contributed by atoms with Crippen LogP contribution >= 0.6 is 0 Å². The zero-order valence-corrected chi connectivity index (χ0v) is 15.4. The Labute approximate surface area is 148 Å². The fourth-order valence-electron chi connectivity index (χ4n) is 1.06. The molecule has 0 aromatic heterocycles. The largest absolute Gasteiger partial charge is 3.00 e. The van der Waals surface area contributed by atoms with E-state index in [1.54, 1.807) is 13.8 Å². The van der Waals surface area contributed by atoms with Gasteiger partial charge in [-0.05, 0) is 12.8 Å². The van der Waals surface area contributed by atoms with Gasteiger partial charge in [-0.3, -0.25) is 9.59 Å². The van der Waals surface area contributed by atoms with E-state index < -0.39 is 30.9 Å². The summed E-state index contributed by atoms with van der Waals surface area (Å²) in [7, 11) is 0. The minimum atomic E-state index is -1.28. The Bertz CT molecular complexity index is 308. The quantitative estimate of drug-likeness (QED) is 0.380. The van der Waals surface area contributed by atoms with Crippen LogP contribution < -0.4 is 15.3 Å². The summed E-state index contributed by atoms with van der Waals surface area (Å²) in [4.78, 5) is 40.4. The van der Waals surface area contributed by atoms with Crippen LogP contribution in [0.2, 0.25) is 0 Å². The van der Waals surface area contributed by atoms with Crippen molar-refractivity contribution in [1.82, 2.24) is 0 Å². The van der Waals surface area contributed by atoms with Gasteiger partial charge in [-0.15, -0.1) is 6.10 Å². The van der Waals surface area contributed by atoms with Crippen LogP contribution in [0.15, 0.2) is 0 Å². The number of carboxylic acid groups (broad SMARTS) is 2. The molecule has 0 aliphatic heterocycles. The van der Waals surface area contributed by atoms with Crippen LogP contribution in [0.5, 0.6) is 0 Å². The summed E-state index contributed by atoms with van der Waals surface area (Å²) < 4.78 is 0. The first-order valence-corrected chi connectivity index (χ1v) is 7.15. The zero-order chi connectivity index (χ0) is 18.1. The van der Waals surface area contributed by atoms with Crippen LogP contribution in [0.1, 0.15) is 66.2 Å². The van der Waals surface area contributed by atoms with Crippen LogP contribution in [0.25, 0.3) is 0 Å². The summed E-state index contributed by atoms with van der Waals surface area (Å²) in [5.74, 6) is -3.07. The van der Waals surface area contributed by atoms with E-state index in [1.807, 2.05) is 13.8 Å². The van der Waals surface area contributed by atoms with Gasteiger partial charge in [-0.2, -0.15) is 0 Å². The van der Waals surface area contributed by atoms with Crippen molar-refractivity contribution >= 4 is 40.9 Å². The normalized spacial score (nSPS) is 8.61. The topological polar surface area (TPSA) is 137 Å². The second kappa shape index (κ2) is 20.8. The molecule has 0 aromatic rings. The second-order valence-electron chi connectivity index (χ2n) is 4.72. The first-order chi connectivity index (χ1) is 10.1. The SMILES string of the molecule is CC(C)[O-].CCCC(=O)CC(=O)[O-].CCCC(=O)CC(=O)[O-].[Al+3]. The van der Waals surface area contributed by atoms with Crippen LogP contribution in [-0.2, 0) is 19.2 Å². The maximum absolute atomic E-state index is 10.4. The van der Waals surface area contributed by atoms with Crippen molar-refractivity contribution in [2.75, 3.05) is 0 Å². The van der Waals surface area contributed by atoms with E-state index in [0.29, 0.717) is 25.7 Å². The first-order valence-electron chi connectivity index (χ1n) is 7.15. The van der Waals surface area contributed by atoms with Crippen molar-refractivity contribution in [2.24, 2.45) is 0 Å². The third-order valence-corrected chi connectivity index (χ3v) is 1.74. The predicted molar refractivity (Wildman–Crippen MR) is 80.0 cm³/mol. The summed E-state index contributed by atoms with van der Waals surface area (Å²) in [5, 5.41) is 29.0. The molecule has 8 heteroatoms. The minimum absolute atomic E-state index is 0. The van der Waals surface area contributed by atoms with E-state index in [1.165, 1.54) is 0 Å². The molecule has 0 saturated heterocycles. The summed E-state index contributed by atoms with van der Waals surface area (Å²) in [6, 6.07) is 0. The van der Waals surface area contributed by atoms with Gasteiger partial charge in [0.2, 0.25) is 0 Å². The Morgan fingerprint density at radius 2 is 1.00 bits per heavy atom. The van der Waals surface area contributed by atoms with Gasteiger partial charge in [-0.1, -0.05) is 27.7 Å². The van der Waals surface area contributed by atoms with Gasteiger partial charge in [0.05, 0.1) is 0 Å². The average molecular weight is 344 g/mol. The minimum Gasteiger partial charge on any atom is -0.852 e. The summed E-state index contributed by atoms with van der Waals surface area (Å²) >= 11 is 0. The van der Waals surface area contributed by atoms with Crippen molar-refractivity contribution in [2.45, 2.75) is 72.3 Å². The summed E-state index contributed by atoms with van der Waals surface area (Å²) in [5.41, 5.74) is 0. The Morgan fingerprint density at radius 1 is 0.783 bits per heavy atom. The van der Waals surface area contributed by atoms with E-state index in [9.17, 15) is 34.5 Å². The molecule has 0 rings (SSSR count). The van der Waals surface area contributed by atoms with E-state index in [4.69, 9.17) is 0 Å². The monoisotopic (exact) mass is 344 g/mol. The molecule has 0 saturated carbocycles. The third kappa shape index (κ3) is 44.9. The third-order valence-electron chi connectivity index (χ3n) is 1.74. The number of Topliss-reactive ketones (excluding diaryl/α,β-unsaturated/α-hetero) is 2. The molecular formula is C15H25AlO7. The summed E-state index contributed by atoms with van der Waals surface area (Å²) in [6.45, 7) is 6.88. The Kier molecular flexibility index (Phi) is 26.9. The van der Waals surface area contributed by atoms with Crippen LogP contribution in [0.4, 0.5) is 0 Å². The molecule has 0 radical (unpaired) electrons. The summed E-state index contributed by atoms with van der Waals surface area (Å²) in [6.07, 6.45) is 0.794. The van der Waals surface area contributed by atoms with Gasteiger partial charge in [0.1, 0.15) is 11.6 Å². The fraction of sp³-hybridized carbons (Fsp3) is 0.733. The average Bonchev–Trinajstić information content (AvgIpc) is 2.26. The van der Waals surface area contributed by atoms with Gasteiger partial charge in [-0.25, -0.2) is 0 Å². The number of hydrogen-bond acceptors (Lipinski definition) is 7. The van der Waals surface area contributed by atoms with E-state index >= 15 is 0 Å². The van der Waals surface area contributed by atoms with Crippen LogP contribution in [-0.4, -0.2) is 47.0 Å². The molecule has 0 spiro atoms. The molecule has 0 unspecified atom stereocenters.